The average molecular weight is 517 g/mol. The first-order valence-electron chi connectivity index (χ1n) is 13.7. The van der Waals surface area contributed by atoms with Crippen molar-refractivity contribution < 1.29 is 19.4 Å². The number of amides is 2. The Bertz CT molecular complexity index is 989. The molecule has 0 aliphatic carbocycles. The van der Waals surface area contributed by atoms with Crippen molar-refractivity contribution in [3.05, 3.63) is 36.0 Å². The lowest BCUT2D eigenvalue weighted by Gasteiger charge is -2.28. The van der Waals surface area contributed by atoms with Gasteiger partial charge in [-0.15, -0.1) is 0 Å². The molecule has 8 heteroatoms. The Morgan fingerprint density at radius 1 is 1.11 bits per heavy atom. The predicted octanol–water partition coefficient (Wildman–Crippen LogP) is 3.70. The van der Waals surface area contributed by atoms with Gasteiger partial charge in [0.05, 0.1) is 17.8 Å². The molecule has 2 amide bonds. The molecule has 0 saturated carbocycles. The van der Waals surface area contributed by atoms with E-state index in [1.54, 1.807) is 7.11 Å². The lowest BCUT2D eigenvalue weighted by molar-refractivity contribution is -0.125. The van der Waals surface area contributed by atoms with Gasteiger partial charge in [-0.05, 0) is 44.1 Å². The van der Waals surface area contributed by atoms with Gasteiger partial charge in [0.1, 0.15) is 0 Å². The summed E-state index contributed by atoms with van der Waals surface area (Å²) < 4.78 is 7.48. The summed E-state index contributed by atoms with van der Waals surface area (Å²) in [7, 11) is 1.68. The normalized spacial score (nSPS) is 15.8. The predicted molar refractivity (Wildman–Crippen MR) is 149 cm³/mol. The molecular formula is C29H48N4O4. The van der Waals surface area contributed by atoms with Gasteiger partial charge in [0.2, 0.25) is 5.91 Å². The van der Waals surface area contributed by atoms with Gasteiger partial charge in [-0.3, -0.25) is 9.59 Å². The lowest BCUT2D eigenvalue weighted by Crippen LogP contribution is -2.42. The summed E-state index contributed by atoms with van der Waals surface area (Å²) in [4.78, 5) is 25.5. The van der Waals surface area contributed by atoms with Crippen LogP contribution in [0.15, 0.2) is 30.5 Å². The molecule has 5 N–H and O–H groups in total. The number of aliphatic hydroxyl groups excluding tert-OH is 1. The van der Waals surface area contributed by atoms with Gasteiger partial charge in [0, 0.05) is 55.8 Å². The van der Waals surface area contributed by atoms with Gasteiger partial charge < -0.3 is 30.8 Å². The molecule has 0 saturated heterocycles. The molecule has 1 heterocycles. The van der Waals surface area contributed by atoms with Crippen LogP contribution < -0.4 is 16.4 Å². The smallest absolute Gasteiger partial charge is 0.253 e. The average Bonchev–Trinajstić information content (AvgIpc) is 3.24. The van der Waals surface area contributed by atoms with E-state index in [2.05, 4.69) is 36.0 Å². The molecule has 1 aromatic carbocycles. The molecule has 2 aromatic rings. The summed E-state index contributed by atoms with van der Waals surface area (Å²) in [5.41, 5.74) is 8.00. The summed E-state index contributed by atoms with van der Waals surface area (Å²) in [6.07, 6.45) is 3.95. The van der Waals surface area contributed by atoms with Crippen LogP contribution in [0.2, 0.25) is 0 Å². The van der Waals surface area contributed by atoms with Crippen molar-refractivity contribution in [2.45, 2.75) is 85.1 Å². The highest BCUT2D eigenvalue weighted by atomic mass is 16.5. The minimum Gasteiger partial charge on any atom is -0.391 e. The number of hydrogen-bond donors (Lipinski definition) is 4. The summed E-state index contributed by atoms with van der Waals surface area (Å²) in [6, 6.07) is 7.40. The summed E-state index contributed by atoms with van der Waals surface area (Å²) in [5, 5.41) is 17.6. The standard InChI is InChI=1S/C29H48N4O4/c1-7-8-13-31-28(35)20(4)14-27(34)25(30)15-22(19(2)3)16-32-29(36)24-18-33(17-21(5)37-6)26-12-10-9-11-23(24)26/h9-12,18-22,25,27,34H,7-8,13-17,30H2,1-6H3,(H,31,35)(H,32,36)/t20-,21-,22?,25+,27+/m1/s1. The minimum absolute atomic E-state index is 0.0232. The first-order valence-corrected chi connectivity index (χ1v) is 13.7. The fourth-order valence-electron chi connectivity index (χ4n) is 4.55. The molecule has 0 bridgehead atoms. The van der Waals surface area contributed by atoms with Crippen LogP contribution in [0.5, 0.6) is 0 Å². The SMILES string of the molecule is CCCCNC(=O)[C@H](C)C[C@H](O)[C@@H](N)CC(CNC(=O)c1cn(C[C@@H](C)OC)c2ccccc12)C(C)C. The third-order valence-corrected chi connectivity index (χ3v) is 7.30. The maximum Gasteiger partial charge on any atom is 0.253 e. The van der Waals surface area contributed by atoms with Crippen LogP contribution in [0.3, 0.4) is 0 Å². The van der Waals surface area contributed by atoms with Crippen LogP contribution >= 0.6 is 0 Å². The third-order valence-electron chi connectivity index (χ3n) is 7.30. The van der Waals surface area contributed by atoms with E-state index >= 15 is 0 Å². The fraction of sp³-hybridized carbons (Fsp3) is 0.655. The third kappa shape index (κ3) is 9.13. The molecule has 0 aliphatic heterocycles. The number of hydrogen-bond acceptors (Lipinski definition) is 5. The number of aromatic nitrogens is 1. The van der Waals surface area contributed by atoms with E-state index in [1.165, 1.54) is 0 Å². The highest BCUT2D eigenvalue weighted by molar-refractivity contribution is 6.07. The number of nitrogens with one attached hydrogen (secondary N) is 2. The number of aliphatic hydroxyl groups is 1. The van der Waals surface area contributed by atoms with Gasteiger partial charge in [-0.1, -0.05) is 52.3 Å². The Balaban J connectivity index is 1.99. The number of rotatable bonds is 16. The molecular weight excluding hydrogens is 468 g/mol. The fourth-order valence-corrected chi connectivity index (χ4v) is 4.55. The zero-order valence-electron chi connectivity index (χ0n) is 23.5. The summed E-state index contributed by atoms with van der Waals surface area (Å²) in [5.74, 6) is -0.141. The number of nitrogens with zero attached hydrogens (tertiary/aromatic N) is 1. The molecule has 0 aliphatic rings. The number of benzene rings is 1. The summed E-state index contributed by atoms with van der Waals surface area (Å²) in [6.45, 7) is 11.9. The highest BCUT2D eigenvalue weighted by Crippen LogP contribution is 2.23. The van der Waals surface area contributed by atoms with E-state index < -0.39 is 12.1 Å². The molecule has 1 unspecified atom stereocenters. The van der Waals surface area contributed by atoms with Crippen molar-refractivity contribution >= 4 is 22.7 Å². The zero-order chi connectivity index (χ0) is 27.5. The zero-order valence-corrected chi connectivity index (χ0v) is 23.5. The minimum atomic E-state index is -0.787. The van der Waals surface area contributed by atoms with Crippen LogP contribution in [0, 0.1) is 17.8 Å². The number of ether oxygens (including phenoxy) is 1. The van der Waals surface area contributed by atoms with Crippen molar-refractivity contribution in [3.8, 4) is 0 Å². The summed E-state index contributed by atoms with van der Waals surface area (Å²) >= 11 is 0. The maximum atomic E-state index is 13.2. The van der Waals surface area contributed by atoms with Gasteiger partial charge in [0.25, 0.3) is 5.91 Å². The number of nitrogens with two attached hydrogens (primary N) is 1. The quantitative estimate of drug-likeness (QED) is 0.254. The molecule has 8 nitrogen and oxygen atoms in total. The number of para-hydroxylation sites is 1. The van der Waals surface area contributed by atoms with E-state index in [0.717, 1.165) is 23.7 Å². The van der Waals surface area contributed by atoms with Gasteiger partial charge in [-0.2, -0.15) is 0 Å². The Morgan fingerprint density at radius 2 is 1.81 bits per heavy atom. The first-order chi connectivity index (χ1) is 17.6. The van der Waals surface area contributed by atoms with Gasteiger partial charge >= 0.3 is 0 Å². The van der Waals surface area contributed by atoms with Gasteiger partial charge in [0.15, 0.2) is 0 Å². The number of carbonyl (C=O) groups is 2. The van der Waals surface area contributed by atoms with Crippen LogP contribution in [-0.2, 0) is 16.1 Å². The van der Waals surface area contributed by atoms with Crippen molar-refractivity contribution in [1.29, 1.82) is 0 Å². The van der Waals surface area contributed by atoms with E-state index in [1.807, 2.05) is 44.3 Å². The van der Waals surface area contributed by atoms with E-state index in [-0.39, 0.29) is 35.7 Å². The highest BCUT2D eigenvalue weighted by Gasteiger charge is 2.26. The van der Waals surface area contributed by atoms with E-state index in [4.69, 9.17) is 10.5 Å². The van der Waals surface area contributed by atoms with Crippen LogP contribution in [0.1, 0.15) is 70.7 Å². The number of methoxy groups -OCH3 is 1. The van der Waals surface area contributed by atoms with Crippen molar-refractivity contribution in [2.75, 3.05) is 20.2 Å². The second kappa shape index (κ2) is 15.1. The number of fused-ring (bicyclic) bond motifs is 1. The Labute approximate surface area is 222 Å². The molecule has 37 heavy (non-hydrogen) atoms. The van der Waals surface area contributed by atoms with E-state index in [9.17, 15) is 14.7 Å². The number of carbonyl (C=O) groups excluding carboxylic acids is 2. The Hall–Kier alpha value is -2.42. The van der Waals surface area contributed by atoms with Crippen LogP contribution in [0.25, 0.3) is 10.9 Å². The molecule has 2 rings (SSSR count). The molecule has 0 fully saturated rings. The Kier molecular flexibility index (Phi) is 12.6. The second-order valence-corrected chi connectivity index (χ2v) is 10.7. The monoisotopic (exact) mass is 516 g/mol. The molecule has 0 spiro atoms. The number of unbranched alkanes of at least 4 members (excludes halogenated alkanes) is 1. The molecule has 0 radical (unpaired) electrons. The Morgan fingerprint density at radius 3 is 2.46 bits per heavy atom. The molecule has 208 valence electrons. The topological polar surface area (TPSA) is 119 Å². The maximum absolute atomic E-state index is 13.2. The largest absolute Gasteiger partial charge is 0.391 e. The van der Waals surface area contributed by atoms with Gasteiger partial charge in [-0.25, -0.2) is 0 Å². The first kappa shape index (κ1) is 30.8. The molecule has 1 aromatic heterocycles. The van der Waals surface area contributed by atoms with Crippen LogP contribution in [-0.4, -0.2) is 59.9 Å². The molecule has 5 atom stereocenters. The van der Waals surface area contributed by atoms with Crippen molar-refractivity contribution in [2.24, 2.45) is 23.5 Å². The van der Waals surface area contributed by atoms with E-state index in [0.29, 0.717) is 38.0 Å². The van der Waals surface area contributed by atoms with Crippen molar-refractivity contribution in [1.82, 2.24) is 15.2 Å². The second-order valence-electron chi connectivity index (χ2n) is 10.7. The van der Waals surface area contributed by atoms with Crippen LogP contribution in [0.4, 0.5) is 0 Å². The lowest BCUT2D eigenvalue weighted by atomic mass is 9.86. The van der Waals surface area contributed by atoms with Crippen molar-refractivity contribution in [3.63, 3.8) is 0 Å².